The molecule has 0 saturated heterocycles. The first-order valence-electron chi connectivity index (χ1n) is 16.5. The molecule has 5 rings (SSSR count). The number of allylic oxidation sites excluding steroid dienone is 8. The molecule has 220 valence electrons. The fraction of sp³-hybridized carbons (Fsp3) is 0.553. The number of carbonyl (C=O) groups is 1. The normalized spacial score (nSPS) is 20.1. The minimum atomic E-state index is -0.693. The van der Waals surface area contributed by atoms with Gasteiger partial charge in [0.15, 0.2) is 5.78 Å². The van der Waals surface area contributed by atoms with Crippen LogP contribution in [0.1, 0.15) is 138 Å². The topological polar surface area (TPSA) is 17.1 Å². The number of hydrogen-bond acceptors (Lipinski definition) is 3. The summed E-state index contributed by atoms with van der Waals surface area (Å²) in [6.45, 7) is 9.00. The lowest BCUT2D eigenvalue weighted by Crippen LogP contribution is -2.41. The van der Waals surface area contributed by atoms with E-state index in [1.807, 2.05) is 22.7 Å². The number of Topliss-reactive ketones (excluding diaryl/α,β-unsaturated/α-hetero) is 1. The van der Waals surface area contributed by atoms with Crippen molar-refractivity contribution in [3.8, 4) is 0 Å². The fourth-order valence-electron chi connectivity index (χ4n) is 7.13. The molecule has 0 radical (unpaired) electrons. The minimum absolute atomic E-state index is 0.315. The smallest absolute Gasteiger partial charge is 0.184 e. The first-order valence-corrected chi connectivity index (χ1v) is 18.2. The van der Waals surface area contributed by atoms with Gasteiger partial charge in [-0.25, -0.2) is 0 Å². The third kappa shape index (κ3) is 6.37. The number of unbranched alkanes of at least 4 members (excludes halogenated alkanes) is 10. The molecule has 0 N–H and O–H groups in total. The van der Waals surface area contributed by atoms with Gasteiger partial charge < -0.3 is 0 Å². The summed E-state index contributed by atoms with van der Waals surface area (Å²) in [5.74, 6) is 0.315. The molecule has 1 nitrogen and oxygen atoms in total. The van der Waals surface area contributed by atoms with E-state index in [4.69, 9.17) is 0 Å². The molecule has 0 aliphatic heterocycles. The Morgan fingerprint density at radius 1 is 0.732 bits per heavy atom. The third-order valence-electron chi connectivity index (χ3n) is 9.35. The van der Waals surface area contributed by atoms with E-state index in [0.29, 0.717) is 5.78 Å². The molecule has 3 aliphatic carbocycles. The van der Waals surface area contributed by atoms with Crippen LogP contribution in [0.2, 0.25) is 0 Å². The third-order valence-corrected chi connectivity index (χ3v) is 11.7. The zero-order valence-electron chi connectivity index (χ0n) is 26.0. The van der Waals surface area contributed by atoms with E-state index in [0.717, 1.165) is 31.3 Å². The summed E-state index contributed by atoms with van der Waals surface area (Å²) in [5, 5.41) is 2.35. The van der Waals surface area contributed by atoms with Crippen molar-refractivity contribution in [2.24, 2.45) is 0 Å². The predicted octanol–water partition coefficient (Wildman–Crippen LogP) is 11.8. The Balaban J connectivity index is 1.46. The van der Waals surface area contributed by atoms with Crippen LogP contribution >= 0.6 is 22.7 Å². The number of hydrogen-bond donors (Lipinski definition) is 0. The highest BCUT2D eigenvalue weighted by molar-refractivity contribution is 7.13. The first kappa shape index (κ1) is 30.5. The predicted molar refractivity (Wildman–Crippen MR) is 179 cm³/mol. The van der Waals surface area contributed by atoms with Gasteiger partial charge in [0.25, 0.3) is 0 Å². The van der Waals surface area contributed by atoms with Crippen molar-refractivity contribution >= 4 is 28.5 Å². The van der Waals surface area contributed by atoms with E-state index in [-0.39, 0.29) is 0 Å². The Kier molecular flexibility index (Phi) is 10.4. The zero-order chi connectivity index (χ0) is 28.8. The van der Waals surface area contributed by atoms with Gasteiger partial charge in [0.05, 0.1) is 0 Å². The number of carbonyl (C=O) groups excluding carboxylic acids is 1. The highest BCUT2D eigenvalue weighted by atomic mass is 32.1. The van der Waals surface area contributed by atoms with Crippen molar-refractivity contribution < 1.29 is 4.79 Å². The van der Waals surface area contributed by atoms with Gasteiger partial charge in [-0.15, -0.1) is 22.7 Å². The van der Waals surface area contributed by atoms with E-state index in [2.05, 4.69) is 63.4 Å². The number of fused-ring (bicyclic) bond motifs is 1. The van der Waals surface area contributed by atoms with Crippen LogP contribution in [0.4, 0.5) is 0 Å². The molecule has 0 spiro atoms. The standard InChI is InChI=1S/C38H50OS2/c1-5-7-9-11-13-15-17-29-25-36(40-26-29)38(35-20-19-30(41-35)18-16-14-12-10-8-6-2)34-24-28(4)22-32(34)31-21-27(3)23-33(31)37(38)39/h19-20,23-26H,5-18,21-22H2,1-4H3. The summed E-state index contributed by atoms with van der Waals surface area (Å²) < 4.78 is 0. The molecular formula is C38H50OS2. The summed E-state index contributed by atoms with van der Waals surface area (Å²) >= 11 is 3.74. The lowest BCUT2D eigenvalue weighted by molar-refractivity contribution is -0.118. The zero-order valence-corrected chi connectivity index (χ0v) is 27.6. The van der Waals surface area contributed by atoms with Crippen molar-refractivity contribution in [1.29, 1.82) is 0 Å². The van der Waals surface area contributed by atoms with Crippen molar-refractivity contribution in [3.05, 3.63) is 89.4 Å². The number of aryl methyl sites for hydroxylation is 2. The molecule has 0 bridgehead atoms. The van der Waals surface area contributed by atoms with Crippen LogP contribution in [0.25, 0.3) is 0 Å². The Hall–Kier alpha value is -1.97. The van der Waals surface area contributed by atoms with Crippen LogP contribution in [0.3, 0.4) is 0 Å². The van der Waals surface area contributed by atoms with Crippen LogP contribution in [0, 0.1) is 0 Å². The average Bonchev–Trinajstić information content (AvgIpc) is 3.76. The summed E-state index contributed by atoms with van der Waals surface area (Å²) in [7, 11) is 0. The Bertz CT molecular complexity index is 1300. The second-order valence-electron chi connectivity index (χ2n) is 12.8. The van der Waals surface area contributed by atoms with E-state index >= 15 is 0 Å². The first-order chi connectivity index (χ1) is 20.0. The molecule has 41 heavy (non-hydrogen) atoms. The lowest BCUT2D eigenvalue weighted by Gasteiger charge is -2.37. The molecule has 0 fully saturated rings. The van der Waals surface area contributed by atoms with Crippen molar-refractivity contribution in [3.63, 3.8) is 0 Å². The second-order valence-corrected chi connectivity index (χ2v) is 14.9. The van der Waals surface area contributed by atoms with Crippen LogP contribution in [0.5, 0.6) is 0 Å². The molecule has 1 unspecified atom stereocenters. The maximum absolute atomic E-state index is 14.9. The Labute approximate surface area is 257 Å². The van der Waals surface area contributed by atoms with Gasteiger partial charge in [-0.2, -0.15) is 0 Å². The van der Waals surface area contributed by atoms with Gasteiger partial charge in [0.2, 0.25) is 0 Å². The van der Waals surface area contributed by atoms with Crippen molar-refractivity contribution in [2.45, 2.75) is 136 Å². The Morgan fingerprint density at radius 3 is 2.10 bits per heavy atom. The van der Waals surface area contributed by atoms with Crippen molar-refractivity contribution in [1.82, 2.24) is 0 Å². The molecule has 3 heteroatoms. The molecule has 0 saturated carbocycles. The maximum Gasteiger partial charge on any atom is 0.184 e. The molecule has 3 aliphatic rings. The number of ketones is 1. The number of rotatable bonds is 16. The quantitative estimate of drug-likeness (QED) is 0.179. The molecule has 2 heterocycles. The van der Waals surface area contributed by atoms with Gasteiger partial charge >= 0.3 is 0 Å². The summed E-state index contributed by atoms with van der Waals surface area (Å²) in [5.41, 5.74) is 8.43. The van der Waals surface area contributed by atoms with Gasteiger partial charge in [-0.1, -0.05) is 101 Å². The van der Waals surface area contributed by atoms with E-state index in [1.54, 1.807) is 0 Å². The summed E-state index contributed by atoms with van der Waals surface area (Å²) in [6.07, 6.45) is 24.5. The van der Waals surface area contributed by atoms with Crippen molar-refractivity contribution in [2.75, 3.05) is 0 Å². The summed E-state index contributed by atoms with van der Waals surface area (Å²) in [6, 6.07) is 7.05. The van der Waals surface area contributed by atoms with Gasteiger partial charge in [-0.3, -0.25) is 4.79 Å². The maximum atomic E-state index is 14.9. The summed E-state index contributed by atoms with van der Waals surface area (Å²) in [4.78, 5) is 18.8. The monoisotopic (exact) mass is 586 g/mol. The molecule has 2 aromatic heterocycles. The Morgan fingerprint density at radius 2 is 1.37 bits per heavy atom. The number of thiophene rings is 2. The lowest BCUT2D eigenvalue weighted by atomic mass is 9.66. The SMILES string of the molecule is CCCCCCCCc1csc(C2(c3ccc(CCCCCCCC)s3)C(=O)C3=C(CC(C)=C3)C3=C2C=C(C)C3)c1. The van der Waals surface area contributed by atoms with E-state index < -0.39 is 5.41 Å². The van der Waals surface area contributed by atoms with E-state index in [1.165, 1.54) is 125 Å². The van der Waals surface area contributed by atoms with Gasteiger partial charge in [0.1, 0.15) is 5.41 Å². The molecule has 2 aromatic rings. The molecular weight excluding hydrogens is 537 g/mol. The largest absolute Gasteiger partial charge is 0.292 e. The molecule has 0 aromatic carbocycles. The van der Waals surface area contributed by atoms with Crippen LogP contribution in [-0.2, 0) is 23.1 Å². The van der Waals surface area contributed by atoms with Crippen LogP contribution < -0.4 is 0 Å². The molecule has 1 atom stereocenters. The highest BCUT2D eigenvalue weighted by Gasteiger charge is 2.53. The van der Waals surface area contributed by atoms with Gasteiger partial charge in [0, 0.05) is 20.2 Å². The van der Waals surface area contributed by atoms with Crippen LogP contribution in [0.15, 0.2) is 69.2 Å². The second kappa shape index (κ2) is 14.0. The van der Waals surface area contributed by atoms with Crippen LogP contribution in [-0.4, -0.2) is 5.78 Å². The highest BCUT2D eigenvalue weighted by Crippen LogP contribution is 2.57. The minimum Gasteiger partial charge on any atom is -0.292 e. The molecule has 0 amide bonds. The van der Waals surface area contributed by atoms with Gasteiger partial charge in [-0.05, 0) is 98.2 Å². The van der Waals surface area contributed by atoms with E-state index in [9.17, 15) is 4.79 Å². The fourth-order valence-corrected chi connectivity index (χ4v) is 9.64. The average molecular weight is 587 g/mol.